The van der Waals surface area contributed by atoms with E-state index in [1.54, 1.807) is 11.3 Å². The molecule has 3 rings (SSSR count). The lowest BCUT2D eigenvalue weighted by Gasteiger charge is -2.33. The van der Waals surface area contributed by atoms with Gasteiger partial charge in [-0.2, -0.15) is 0 Å². The summed E-state index contributed by atoms with van der Waals surface area (Å²) in [6, 6.07) is 4.23. The van der Waals surface area contributed by atoms with E-state index in [1.807, 2.05) is 18.7 Å². The molecule has 0 radical (unpaired) electrons. The quantitative estimate of drug-likeness (QED) is 0.820. The summed E-state index contributed by atoms with van der Waals surface area (Å²) in [4.78, 5) is 19.9. The molecule has 0 unspecified atom stereocenters. The normalized spacial score (nSPS) is 18.5. The fraction of sp³-hybridized carbons (Fsp3) is 0.529. The lowest BCUT2D eigenvalue weighted by Crippen LogP contribution is -2.41. The molecule has 1 fully saturated rings. The highest BCUT2D eigenvalue weighted by atomic mass is 32.1. The number of amides is 1. The molecule has 2 aromatic rings. The molecule has 1 atom stereocenters. The Morgan fingerprint density at radius 1 is 1.45 bits per heavy atom. The van der Waals surface area contributed by atoms with Crippen molar-refractivity contribution >= 4 is 17.2 Å². The SMILES string of the molecule is O=C(CCCc1cccs1)N1CCC[C@@H](Cn2ccnc2)C1. The summed E-state index contributed by atoms with van der Waals surface area (Å²) in [7, 11) is 0. The third-order valence-corrected chi connectivity index (χ3v) is 5.23. The first-order valence-electron chi connectivity index (χ1n) is 8.07. The smallest absolute Gasteiger partial charge is 0.222 e. The van der Waals surface area contributed by atoms with Gasteiger partial charge < -0.3 is 9.47 Å². The van der Waals surface area contributed by atoms with Gasteiger partial charge in [-0.15, -0.1) is 11.3 Å². The van der Waals surface area contributed by atoms with Crippen molar-refractivity contribution < 1.29 is 4.79 Å². The van der Waals surface area contributed by atoms with Gasteiger partial charge in [-0.05, 0) is 43.0 Å². The number of rotatable bonds is 6. The Kier molecular flexibility index (Phi) is 5.27. The Hall–Kier alpha value is -1.62. The molecule has 1 saturated heterocycles. The number of carbonyl (C=O) groups excluding carboxylic acids is 1. The van der Waals surface area contributed by atoms with Crippen molar-refractivity contribution in [3.8, 4) is 0 Å². The first-order chi connectivity index (χ1) is 10.8. The topological polar surface area (TPSA) is 38.1 Å². The standard InChI is InChI=1S/C17H23N3OS/c21-17(7-1-5-16-6-3-11-22-16)20-9-2-4-15(13-20)12-19-10-8-18-14-19/h3,6,8,10-11,14-15H,1-2,4-5,7,9,12-13H2/t15-/m0/s1. The van der Waals surface area contributed by atoms with E-state index in [0.717, 1.165) is 38.9 Å². The van der Waals surface area contributed by atoms with Gasteiger partial charge >= 0.3 is 0 Å². The van der Waals surface area contributed by atoms with Crippen LogP contribution < -0.4 is 0 Å². The molecule has 1 aliphatic rings. The summed E-state index contributed by atoms with van der Waals surface area (Å²) in [5.41, 5.74) is 0. The van der Waals surface area contributed by atoms with Crippen LogP contribution in [0.25, 0.3) is 0 Å². The number of nitrogens with zero attached hydrogens (tertiary/aromatic N) is 3. The molecule has 0 saturated carbocycles. The van der Waals surface area contributed by atoms with Crippen LogP contribution in [-0.2, 0) is 17.8 Å². The van der Waals surface area contributed by atoms with Crippen molar-refractivity contribution in [2.45, 2.75) is 38.6 Å². The third kappa shape index (κ3) is 4.19. The van der Waals surface area contributed by atoms with Gasteiger partial charge in [0, 0.05) is 43.3 Å². The molecule has 4 nitrogen and oxygen atoms in total. The maximum Gasteiger partial charge on any atom is 0.222 e. The van der Waals surface area contributed by atoms with E-state index >= 15 is 0 Å². The summed E-state index contributed by atoms with van der Waals surface area (Å²) in [6.07, 6.45) is 10.7. The van der Waals surface area contributed by atoms with E-state index in [0.29, 0.717) is 18.2 Å². The van der Waals surface area contributed by atoms with Crippen molar-refractivity contribution in [1.82, 2.24) is 14.5 Å². The van der Waals surface area contributed by atoms with Gasteiger partial charge in [-0.1, -0.05) is 6.07 Å². The fourth-order valence-corrected chi connectivity index (χ4v) is 3.91. The van der Waals surface area contributed by atoms with E-state index in [-0.39, 0.29) is 0 Å². The van der Waals surface area contributed by atoms with Gasteiger partial charge in [0.2, 0.25) is 5.91 Å². The van der Waals surface area contributed by atoms with Gasteiger partial charge in [-0.3, -0.25) is 4.79 Å². The van der Waals surface area contributed by atoms with Crippen LogP contribution in [0.5, 0.6) is 0 Å². The molecule has 0 aliphatic carbocycles. The molecule has 3 heterocycles. The highest BCUT2D eigenvalue weighted by Crippen LogP contribution is 2.20. The van der Waals surface area contributed by atoms with Gasteiger partial charge in [-0.25, -0.2) is 4.98 Å². The molecule has 118 valence electrons. The maximum absolute atomic E-state index is 12.4. The number of aryl methyl sites for hydroxylation is 1. The number of likely N-dealkylation sites (tertiary alicyclic amines) is 1. The Morgan fingerprint density at radius 3 is 3.18 bits per heavy atom. The number of imidazole rings is 1. The number of hydrogen-bond donors (Lipinski definition) is 0. The molecule has 1 amide bonds. The number of carbonyl (C=O) groups is 1. The van der Waals surface area contributed by atoms with Crippen LogP contribution >= 0.6 is 11.3 Å². The van der Waals surface area contributed by atoms with Gasteiger partial charge in [0.1, 0.15) is 0 Å². The van der Waals surface area contributed by atoms with Crippen LogP contribution in [0.4, 0.5) is 0 Å². The zero-order valence-corrected chi connectivity index (χ0v) is 13.7. The van der Waals surface area contributed by atoms with Crippen LogP contribution in [0.15, 0.2) is 36.2 Å². The minimum absolute atomic E-state index is 0.326. The predicted octanol–water partition coefficient (Wildman–Crippen LogP) is 3.21. The average molecular weight is 317 g/mol. The first-order valence-corrected chi connectivity index (χ1v) is 8.95. The Morgan fingerprint density at radius 2 is 2.41 bits per heavy atom. The molecule has 2 aromatic heterocycles. The highest BCUT2D eigenvalue weighted by molar-refractivity contribution is 7.09. The second-order valence-electron chi connectivity index (χ2n) is 6.04. The fourth-order valence-electron chi connectivity index (χ4n) is 3.16. The summed E-state index contributed by atoms with van der Waals surface area (Å²) in [5, 5.41) is 2.10. The Balaban J connectivity index is 1.43. The second kappa shape index (κ2) is 7.58. The van der Waals surface area contributed by atoms with Crippen molar-refractivity contribution in [3.63, 3.8) is 0 Å². The van der Waals surface area contributed by atoms with E-state index < -0.39 is 0 Å². The van der Waals surface area contributed by atoms with Gasteiger partial charge in [0.25, 0.3) is 0 Å². The van der Waals surface area contributed by atoms with Gasteiger partial charge in [0.05, 0.1) is 6.33 Å². The van der Waals surface area contributed by atoms with Crippen molar-refractivity contribution in [2.24, 2.45) is 5.92 Å². The second-order valence-corrected chi connectivity index (χ2v) is 7.07. The number of thiophene rings is 1. The maximum atomic E-state index is 12.4. The van der Waals surface area contributed by atoms with Crippen LogP contribution in [0.3, 0.4) is 0 Å². The average Bonchev–Trinajstić information content (AvgIpc) is 3.21. The monoisotopic (exact) mass is 317 g/mol. The number of piperidine rings is 1. The van der Waals surface area contributed by atoms with Crippen molar-refractivity contribution in [2.75, 3.05) is 13.1 Å². The van der Waals surface area contributed by atoms with Crippen LogP contribution in [-0.4, -0.2) is 33.4 Å². The van der Waals surface area contributed by atoms with Crippen LogP contribution in [0.1, 0.15) is 30.6 Å². The van der Waals surface area contributed by atoms with E-state index in [4.69, 9.17) is 0 Å². The lowest BCUT2D eigenvalue weighted by atomic mass is 9.97. The summed E-state index contributed by atoms with van der Waals surface area (Å²) in [5.74, 6) is 0.885. The molecule has 0 bridgehead atoms. The number of hydrogen-bond acceptors (Lipinski definition) is 3. The molecule has 0 aromatic carbocycles. The Bertz CT molecular complexity index is 565. The van der Waals surface area contributed by atoms with E-state index in [9.17, 15) is 4.79 Å². The highest BCUT2D eigenvalue weighted by Gasteiger charge is 2.23. The zero-order valence-electron chi connectivity index (χ0n) is 12.9. The minimum atomic E-state index is 0.326. The molecule has 0 N–H and O–H groups in total. The first kappa shape index (κ1) is 15.3. The molecule has 5 heteroatoms. The summed E-state index contributed by atoms with van der Waals surface area (Å²) < 4.78 is 2.12. The van der Waals surface area contributed by atoms with E-state index in [2.05, 4.69) is 32.0 Å². The molecule has 0 spiro atoms. The predicted molar refractivity (Wildman–Crippen MR) is 88.8 cm³/mol. The molecule has 22 heavy (non-hydrogen) atoms. The van der Waals surface area contributed by atoms with Crippen LogP contribution in [0, 0.1) is 5.92 Å². The van der Waals surface area contributed by atoms with Crippen molar-refractivity contribution in [3.05, 3.63) is 41.1 Å². The van der Waals surface area contributed by atoms with Crippen molar-refractivity contribution in [1.29, 1.82) is 0 Å². The minimum Gasteiger partial charge on any atom is -0.342 e. The molecular weight excluding hydrogens is 294 g/mol. The lowest BCUT2D eigenvalue weighted by molar-refractivity contribution is -0.133. The van der Waals surface area contributed by atoms with E-state index in [1.165, 1.54) is 11.3 Å². The Labute approximate surface area is 135 Å². The molecular formula is C17H23N3OS. The largest absolute Gasteiger partial charge is 0.342 e. The van der Waals surface area contributed by atoms with Crippen LogP contribution in [0.2, 0.25) is 0 Å². The summed E-state index contributed by atoms with van der Waals surface area (Å²) >= 11 is 1.78. The zero-order chi connectivity index (χ0) is 15.2. The third-order valence-electron chi connectivity index (χ3n) is 4.29. The summed E-state index contributed by atoms with van der Waals surface area (Å²) in [6.45, 7) is 2.80. The molecule has 1 aliphatic heterocycles. The number of aromatic nitrogens is 2. The van der Waals surface area contributed by atoms with Gasteiger partial charge in [0.15, 0.2) is 0 Å².